The second-order valence-electron chi connectivity index (χ2n) is 7.12. The second-order valence-corrected chi connectivity index (χ2v) is 7.12. The van der Waals surface area contributed by atoms with E-state index in [-0.39, 0.29) is 13.0 Å². The van der Waals surface area contributed by atoms with Gasteiger partial charge in [-0.05, 0) is 23.3 Å². The number of carbonyl (C=O) groups is 3. The van der Waals surface area contributed by atoms with Crippen LogP contribution in [-0.4, -0.2) is 41.0 Å². The lowest BCUT2D eigenvalue weighted by atomic mass is 10.0. The van der Waals surface area contributed by atoms with E-state index in [4.69, 9.17) is 5.11 Å². The highest BCUT2D eigenvalue weighted by Crippen LogP contribution is 2.29. The van der Waals surface area contributed by atoms with Gasteiger partial charge < -0.3 is 15.7 Å². The maximum Gasteiger partial charge on any atom is 0.416 e. The van der Waals surface area contributed by atoms with E-state index < -0.39 is 47.6 Å². The first kappa shape index (κ1) is 22.3. The molecule has 31 heavy (non-hydrogen) atoms. The molecule has 3 rings (SSSR count). The number of nitrogens with one attached hydrogen (secondary N) is 3. The van der Waals surface area contributed by atoms with Crippen LogP contribution in [0.2, 0.25) is 0 Å². The van der Waals surface area contributed by atoms with Crippen LogP contribution in [0.4, 0.5) is 13.2 Å². The van der Waals surface area contributed by atoms with Crippen LogP contribution >= 0.6 is 0 Å². The van der Waals surface area contributed by atoms with Gasteiger partial charge in [0.2, 0.25) is 11.8 Å². The molecule has 1 aliphatic heterocycles. The van der Waals surface area contributed by atoms with Crippen molar-refractivity contribution in [2.24, 2.45) is 0 Å². The summed E-state index contributed by atoms with van der Waals surface area (Å²) in [6.45, 7) is -0.0302. The van der Waals surface area contributed by atoms with Crippen molar-refractivity contribution in [3.05, 3.63) is 71.3 Å². The Morgan fingerprint density at radius 2 is 1.61 bits per heavy atom. The van der Waals surface area contributed by atoms with Crippen LogP contribution in [0.5, 0.6) is 0 Å². The Hall–Kier alpha value is -3.40. The molecule has 2 amide bonds. The zero-order chi connectivity index (χ0) is 22.6. The number of benzene rings is 2. The first-order chi connectivity index (χ1) is 14.6. The molecule has 0 unspecified atom stereocenters. The Kier molecular flexibility index (Phi) is 6.59. The minimum Gasteiger partial charge on any atom is -0.480 e. The van der Waals surface area contributed by atoms with E-state index in [9.17, 15) is 27.6 Å². The summed E-state index contributed by atoms with van der Waals surface area (Å²) in [5.74, 6) is -2.31. The van der Waals surface area contributed by atoms with Gasteiger partial charge in [0.1, 0.15) is 18.1 Å². The molecule has 4 N–H and O–H groups in total. The number of alkyl halides is 3. The number of carbonyl (C=O) groups excluding carboxylic acids is 2. The molecule has 2 aromatic rings. The van der Waals surface area contributed by atoms with Crippen molar-refractivity contribution in [3.8, 4) is 0 Å². The molecule has 2 aromatic carbocycles. The fourth-order valence-corrected chi connectivity index (χ4v) is 3.02. The molecule has 10 heteroatoms. The molecule has 7 nitrogen and oxygen atoms in total. The van der Waals surface area contributed by atoms with Crippen LogP contribution in [-0.2, 0) is 33.5 Å². The van der Waals surface area contributed by atoms with Gasteiger partial charge in [-0.15, -0.1) is 0 Å². The molecule has 1 fully saturated rings. The minimum absolute atomic E-state index is 0.0302. The number of hydrogen-bond acceptors (Lipinski definition) is 4. The molecule has 0 radical (unpaired) electrons. The second kappa shape index (κ2) is 9.17. The maximum absolute atomic E-state index is 12.7. The molecule has 0 aliphatic carbocycles. The predicted molar refractivity (Wildman–Crippen MR) is 104 cm³/mol. The molecule has 1 saturated heterocycles. The highest BCUT2D eigenvalue weighted by Gasteiger charge is 2.48. The third-order valence-corrected chi connectivity index (χ3v) is 4.80. The van der Waals surface area contributed by atoms with E-state index in [0.29, 0.717) is 5.56 Å². The molecule has 1 aliphatic rings. The summed E-state index contributed by atoms with van der Waals surface area (Å²) < 4.78 is 38.0. The van der Waals surface area contributed by atoms with E-state index in [1.54, 1.807) is 30.3 Å². The zero-order valence-electron chi connectivity index (χ0n) is 16.1. The Morgan fingerprint density at radius 3 is 2.16 bits per heavy atom. The van der Waals surface area contributed by atoms with Crippen LogP contribution in [0.15, 0.2) is 54.6 Å². The number of halogens is 3. The van der Waals surface area contributed by atoms with Gasteiger partial charge in [0.05, 0.1) is 5.56 Å². The maximum atomic E-state index is 12.7. The summed E-state index contributed by atoms with van der Waals surface area (Å²) in [7, 11) is 0. The molecule has 164 valence electrons. The SMILES string of the molecule is O=C(NCc1ccc(C(F)(F)F)cc1)[C@H](Cc1ccccc1)NC(=O)[C@H]1N[C@@H]1C(=O)O. The highest BCUT2D eigenvalue weighted by molar-refractivity contribution is 5.97. The summed E-state index contributed by atoms with van der Waals surface area (Å²) in [5.41, 5.74) is 0.443. The lowest BCUT2D eigenvalue weighted by Gasteiger charge is -2.19. The Labute approximate surface area is 175 Å². The molecule has 0 spiro atoms. The molecular weight excluding hydrogens is 415 g/mol. The minimum atomic E-state index is -4.45. The molecule has 1 heterocycles. The number of rotatable bonds is 8. The van der Waals surface area contributed by atoms with Gasteiger partial charge in [-0.1, -0.05) is 42.5 Å². The van der Waals surface area contributed by atoms with Crippen molar-refractivity contribution in [1.82, 2.24) is 16.0 Å². The molecule has 0 aromatic heterocycles. The van der Waals surface area contributed by atoms with E-state index in [1.165, 1.54) is 12.1 Å². The molecule has 3 atom stereocenters. The van der Waals surface area contributed by atoms with Crippen LogP contribution in [0.1, 0.15) is 16.7 Å². The largest absolute Gasteiger partial charge is 0.480 e. The number of hydrogen-bond donors (Lipinski definition) is 4. The number of carboxylic acids is 1. The average Bonchev–Trinajstić information content (AvgIpc) is 3.53. The van der Waals surface area contributed by atoms with Crippen molar-refractivity contribution in [3.63, 3.8) is 0 Å². The van der Waals surface area contributed by atoms with Gasteiger partial charge in [-0.2, -0.15) is 13.2 Å². The topological polar surface area (TPSA) is 117 Å². The van der Waals surface area contributed by atoms with Crippen LogP contribution in [0.3, 0.4) is 0 Å². The Balaban J connectivity index is 1.64. The smallest absolute Gasteiger partial charge is 0.416 e. The number of carboxylic acid groups (broad SMARTS) is 1. The van der Waals surface area contributed by atoms with Crippen molar-refractivity contribution < 1.29 is 32.7 Å². The van der Waals surface area contributed by atoms with E-state index in [2.05, 4.69) is 16.0 Å². The van der Waals surface area contributed by atoms with Gasteiger partial charge in [0.15, 0.2) is 0 Å². The van der Waals surface area contributed by atoms with Gasteiger partial charge >= 0.3 is 12.1 Å². The van der Waals surface area contributed by atoms with Gasteiger partial charge in [-0.25, -0.2) is 0 Å². The quantitative estimate of drug-likeness (QED) is 0.469. The van der Waals surface area contributed by atoms with Gasteiger partial charge in [-0.3, -0.25) is 19.7 Å². The predicted octanol–water partition coefficient (Wildman–Crippen LogP) is 1.47. The third kappa shape index (κ3) is 6.05. The lowest BCUT2D eigenvalue weighted by molar-refractivity contribution is -0.138. The highest BCUT2D eigenvalue weighted by atomic mass is 19.4. The molecular formula is C21H20F3N3O4. The summed E-state index contributed by atoms with van der Waals surface area (Å²) in [6, 6.07) is 10.4. The Morgan fingerprint density at radius 1 is 0.968 bits per heavy atom. The van der Waals surface area contributed by atoms with Gasteiger partial charge in [0, 0.05) is 13.0 Å². The van der Waals surface area contributed by atoms with Crippen molar-refractivity contribution in [2.45, 2.75) is 37.3 Å². The van der Waals surface area contributed by atoms with Crippen LogP contribution in [0.25, 0.3) is 0 Å². The third-order valence-electron chi connectivity index (χ3n) is 4.80. The molecule has 0 saturated carbocycles. The summed E-state index contributed by atoms with van der Waals surface area (Å²) in [6.07, 6.45) is -4.28. The number of amides is 2. The van der Waals surface area contributed by atoms with Crippen molar-refractivity contribution in [1.29, 1.82) is 0 Å². The van der Waals surface area contributed by atoms with Crippen LogP contribution in [0, 0.1) is 0 Å². The van der Waals surface area contributed by atoms with Gasteiger partial charge in [0.25, 0.3) is 0 Å². The fourth-order valence-electron chi connectivity index (χ4n) is 3.02. The summed E-state index contributed by atoms with van der Waals surface area (Å²) >= 11 is 0. The van der Waals surface area contributed by atoms with E-state index in [1.807, 2.05) is 0 Å². The van der Waals surface area contributed by atoms with E-state index in [0.717, 1.165) is 17.7 Å². The average molecular weight is 435 g/mol. The van der Waals surface area contributed by atoms with Crippen LogP contribution < -0.4 is 16.0 Å². The number of aliphatic carboxylic acids is 1. The lowest BCUT2D eigenvalue weighted by Crippen LogP contribution is -2.49. The molecule has 0 bridgehead atoms. The normalized spacial score (nSPS) is 18.7. The van der Waals surface area contributed by atoms with Crippen molar-refractivity contribution in [2.75, 3.05) is 0 Å². The fraction of sp³-hybridized carbons (Fsp3) is 0.286. The first-order valence-corrected chi connectivity index (χ1v) is 9.42. The van der Waals surface area contributed by atoms with E-state index >= 15 is 0 Å². The monoisotopic (exact) mass is 435 g/mol. The Bertz CT molecular complexity index is 949. The summed E-state index contributed by atoms with van der Waals surface area (Å²) in [5, 5.41) is 16.6. The summed E-state index contributed by atoms with van der Waals surface area (Å²) in [4.78, 5) is 35.9. The standard InChI is InChI=1S/C21H20F3N3O4/c22-21(23,24)14-8-6-13(7-9-14)11-25-18(28)15(10-12-4-2-1-3-5-12)26-19(29)16-17(27-16)20(30)31/h1-9,15-17,27H,10-11H2,(H,25,28)(H,26,29)(H,30,31)/t15-,16-,17-/m0/s1. The first-order valence-electron chi connectivity index (χ1n) is 9.42. The van der Waals surface area contributed by atoms with Crippen molar-refractivity contribution >= 4 is 17.8 Å². The zero-order valence-corrected chi connectivity index (χ0v) is 16.1.